The van der Waals surface area contributed by atoms with Gasteiger partial charge in [-0.2, -0.15) is 4.99 Å². The van der Waals surface area contributed by atoms with E-state index in [1.807, 2.05) is 47.4 Å². The molecule has 1 aliphatic heterocycles. The Morgan fingerprint density at radius 1 is 1.00 bits per heavy atom. The lowest BCUT2D eigenvalue weighted by molar-refractivity contribution is 0.259. The maximum absolute atomic E-state index is 12.6. The van der Waals surface area contributed by atoms with Gasteiger partial charge in [0.2, 0.25) is 0 Å². The van der Waals surface area contributed by atoms with Gasteiger partial charge in [0.25, 0.3) is 0 Å². The third-order valence-electron chi connectivity index (χ3n) is 4.36. The van der Waals surface area contributed by atoms with Crippen molar-refractivity contribution in [2.75, 3.05) is 10.2 Å². The van der Waals surface area contributed by atoms with Crippen molar-refractivity contribution in [3.63, 3.8) is 0 Å². The van der Waals surface area contributed by atoms with Gasteiger partial charge >= 0.3 is 6.03 Å². The summed E-state index contributed by atoms with van der Waals surface area (Å²) in [7, 11) is 0. The molecule has 3 aromatic rings. The number of urea groups is 1. The van der Waals surface area contributed by atoms with Gasteiger partial charge in [0.15, 0.2) is 0 Å². The van der Waals surface area contributed by atoms with Crippen LogP contribution in [0.2, 0.25) is 10.0 Å². The molecular weight excluding hydrogens is 508 g/mol. The average molecular weight is 522 g/mol. The van der Waals surface area contributed by atoms with Crippen LogP contribution in [0, 0.1) is 3.57 Å². The Kier molecular flexibility index (Phi) is 5.57. The molecule has 28 heavy (non-hydrogen) atoms. The first kappa shape index (κ1) is 19.2. The first-order valence-corrected chi connectivity index (χ1v) is 10.3. The number of amides is 2. The highest BCUT2D eigenvalue weighted by Gasteiger charge is 2.27. The van der Waals surface area contributed by atoms with Gasteiger partial charge in [-0.05, 0) is 70.6 Å². The second-order valence-corrected chi connectivity index (χ2v) is 8.27. The third kappa shape index (κ3) is 4.01. The summed E-state index contributed by atoms with van der Waals surface area (Å²) in [5, 5.41) is 3.56. The summed E-state index contributed by atoms with van der Waals surface area (Å²) in [4.78, 5) is 19.0. The Labute approximate surface area is 186 Å². The highest BCUT2D eigenvalue weighted by molar-refractivity contribution is 14.1. The number of aliphatic imine (C=N–C) groups is 1. The molecule has 140 valence electrons. The van der Waals surface area contributed by atoms with Gasteiger partial charge in [-0.25, -0.2) is 4.79 Å². The number of fused-ring (bicyclic) bond motifs is 1. The monoisotopic (exact) mass is 521 g/mol. The van der Waals surface area contributed by atoms with Crippen molar-refractivity contribution >= 4 is 69.0 Å². The van der Waals surface area contributed by atoms with Gasteiger partial charge in [-0.15, -0.1) is 0 Å². The molecule has 0 aromatic heterocycles. The summed E-state index contributed by atoms with van der Waals surface area (Å²) in [6.45, 7) is 0.662. The average Bonchev–Trinajstić information content (AvgIpc) is 3.04. The number of benzene rings is 3. The van der Waals surface area contributed by atoms with E-state index in [4.69, 9.17) is 23.2 Å². The van der Waals surface area contributed by atoms with E-state index in [-0.39, 0.29) is 0 Å². The van der Waals surface area contributed by atoms with E-state index in [9.17, 15) is 4.79 Å². The summed E-state index contributed by atoms with van der Waals surface area (Å²) in [6, 6.07) is 20.5. The molecule has 0 fully saturated rings. The normalized spacial score (nSPS) is 14.2. The number of hydrogen-bond donors (Lipinski definition) is 1. The van der Waals surface area contributed by atoms with Crippen LogP contribution in [0.1, 0.15) is 11.1 Å². The Morgan fingerprint density at radius 3 is 2.50 bits per heavy atom. The molecule has 0 bridgehead atoms. The number of amidine groups is 1. The molecule has 0 saturated carbocycles. The fourth-order valence-electron chi connectivity index (χ4n) is 3.04. The van der Waals surface area contributed by atoms with Crippen LogP contribution in [-0.4, -0.2) is 11.9 Å². The highest BCUT2D eigenvalue weighted by Crippen LogP contribution is 2.30. The highest BCUT2D eigenvalue weighted by atomic mass is 127. The number of anilines is 2. The van der Waals surface area contributed by atoms with Crippen LogP contribution in [-0.2, 0) is 6.54 Å². The van der Waals surface area contributed by atoms with Crippen molar-refractivity contribution in [3.05, 3.63) is 91.5 Å². The molecule has 4 nitrogen and oxygen atoms in total. The zero-order chi connectivity index (χ0) is 19.7. The third-order valence-corrected chi connectivity index (χ3v) is 5.82. The van der Waals surface area contributed by atoms with Gasteiger partial charge in [-0.3, -0.25) is 0 Å². The van der Waals surface area contributed by atoms with E-state index in [0.717, 1.165) is 20.4 Å². The number of carbonyl (C=O) groups excluding carboxylic acids is 1. The van der Waals surface area contributed by atoms with Gasteiger partial charge in [0.05, 0.1) is 16.6 Å². The van der Waals surface area contributed by atoms with E-state index < -0.39 is 6.03 Å². The van der Waals surface area contributed by atoms with Crippen LogP contribution < -0.4 is 10.2 Å². The van der Waals surface area contributed by atoms with E-state index in [1.54, 1.807) is 18.2 Å². The van der Waals surface area contributed by atoms with Crippen molar-refractivity contribution < 1.29 is 4.79 Å². The first-order valence-electron chi connectivity index (χ1n) is 8.47. The summed E-state index contributed by atoms with van der Waals surface area (Å²) in [5.41, 5.74) is 3.60. The Bertz CT molecular complexity index is 1080. The molecule has 0 aliphatic carbocycles. The zero-order valence-corrected chi connectivity index (χ0v) is 18.2. The SMILES string of the molecule is O=C(/N=C1/c2ccccc2CN1c1ccc(I)cc1)Nc1ccc(Cl)c(Cl)c1. The second kappa shape index (κ2) is 8.11. The smallest absolute Gasteiger partial charge is 0.321 e. The Morgan fingerprint density at radius 2 is 1.75 bits per heavy atom. The van der Waals surface area contributed by atoms with E-state index in [0.29, 0.717) is 28.1 Å². The molecule has 0 unspecified atom stereocenters. The van der Waals surface area contributed by atoms with Crippen molar-refractivity contribution in [2.24, 2.45) is 4.99 Å². The van der Waals surface area contributed by atoms with Crippen molar-refractivity contribution in [1.29, 1.82) is 0 Å². The molecule has 1 heterocycles. The van der Waals surface area contributed by atoms with Gasteiger partial charge in [0, 0.05) is 20.5 Å². The topological polar surface area (TPSA) is 44.7 Å². The number of hydrogen-bond acceptors (Lipinski definition) is 1. The molecular formula is C21H14Cl2IN3O. The van der Waals surface area contributed by atoms with Crippen LogP contribution in [0.25, 0.3) is 0 Å². The van der Waals surface area contributed by atoms with Crippen LogP contribution in [0.3, 0.4) is 0 Å². The van der Waals surface area contributed by atoms with Crippen LogP contribution >= 0.6 is 45.8 Å². The molecule has 0 atom stereocenters. The predicted molar refractivity (Wildman–Crippen MR) is 124 cm³/mol. The number of nitrogens with zero attached hydrogens (tertiary/aromatic N) is 2. The summed E-state index contributed by atoms with van der Waals surface area (Å²) in [5.74, 6) is 0.620. The van der Waals surface area contributed by atoms with Crippen LogP contribution in [0.4, 0.5) is 16.2 Å². The summed E-state index contributed by atoms with van der Waals surface area (Å²) in [6.07, 6.45) is 0. The fourth-order valence-corrected chi connectivity index (χ4v) is 3.70. The van der Waals surface area contributed by atoms with Gasteiger partial charge in [-0.1, -0.05) is 47.5 Å². The maximum Gasteiger partial charge on any atom is 0.347 e. The van der Waals surface area contributed by atoms with Crippen LogP contribution in [0.5, 0.6) is 0 Å². The minimum absolute atomic E-state index is 0.374. The van der Waals surface area contributed by atoms with Gasteiger partial charge < -0.3 is 10.2 Å². The molecule has 7 heteroatoms. The zero-order valence-electron chi connectivity index (χ0n) is 14.5. The van der Waals surface area contributed by atoms with E-state index in [2.05, 4.69) is 39.0 Å². The molecule has 3 aromatic carbocycles. The quantitative estimate of drug-likeness (QED) is 0.386. The molecule has 1 N–H and O–H groups in total. The van der Waals surface area contributed by atoms with Crippen molar-refractivity contribution in [1.82, 2.24) is 0 Å². The molecule has 2 amide bonds. The predicted octanol–water partition coefficient (Wildman–Crippen LogP) is 6.60. The molecule has 0 spiro atoms. The maximum atomic E-state index is 12.6. The minimum Gasteiger partial charge on any atom is -0.321 e. The van der Waals surface area contributed by atoms with Crippen molar-refractivity contribution in [3.8, 4) is 0 Å². The molecule has 0 radical (unpaired) electrons. The molecule has 1 aliphatic rings. The molecule has 0 saturated heterocycles. The van der Waals surface area contributed by atoms with Crippen LogP contribution in [0.15, 0.2) is 71.7 Å². The summed E-state index contributed by atoms with van der Waals surface area (Å²) >= 11 is 14.2. The number of nitrogens with one attached hydrogen (secondary N) is 1. The van der Waals surface area contributed by atoms with E-state index in [1.165, 1.54) is 0 Å². The van der Waals surface area contributed by atoms with Gasteiger partial charge in [0.1, 0.15) is 5.84 Å². The first-order chi connectivity index (χ1) is 13.5. The van der Waals surface area contributed by atoms with E-state index >= 15 is 0 Å². The number of rotatable bonds is 2. The Hall–Kier alpha value is -2.09. The largest absolute Gasteiger partial charge is 0.347 e. The standard InChI is InChI=1S/C21H14Cl2IN3O/c22-18-10-7-15(11-19(18)23)25-21(28)26-20-17-4-2-1-3-13(17)12-27(20)16-8-5-14(24)6-9-16/h1-11H,12H2,(H,25,28)/b26-20-. The number of carbonyl (C=O) groups is 1. The molecule has 4 rings (SSSR count). The Balaban J connectivity index is 1.67. The summed E-state index contributed by atoms with van der Waals surface area (Å²) < 4.78 is 1.15. The van der Waals surface area contributed by atoms with Crippen molar-refractivity contribution in [2.45, 2.75) is 6.54 Å². The lowest BCUT2D eigenvalue weighted by atomic mass is 10.1. The lowest BCUT2D eigenvalue weighted by Gasteiger charge is -2.19. The fraction of sp³-hybridized carbons (Fsp3) is 0.0476. The lowest BCUT2D eigenvalue weighted by Crippen LogP contribution is -2.26. The minimum atomic E-state index is -0.472. The number of halogens is 3. The second-order valence-electron chi connectivity index (χ2n) is 6.21.